The second-order valence-corrected chi connectivity index (χ2v) is 10.1. The molecule has 4 rings (SSSR count). The molecule has 2 aromatic rings. The standard InChI is InChI=1S/C28H33ClN2O4/c1-20-8-5-9-21(16-20)22-10-6-13-30(19-22)25(32)17-28(23-11-3-4-12-24(23)29)18-26(33)31(27(28)34)14-7-15-35-2/h3-5,8-9,11-12,16,22H,6-7,10,13-15,17-19H2,1-2H3/t22-,28-/m0/s1. The van der Waals surface area contributed by atoms with Crippen LogP contribution in [0.5, 0.6) is 0 Å². The number of ether oxygens (including phenoxy) is 1. The first kappa shape index (κ1) is 25.4. The third kappa shape index (κ3) is 5.29. The van der Waals surface area contributed by atoms with E-state index >= 15 is 0 Å². The van der Waals surface area contributed by atoms with Gasteiger partial charge in [-0.3, -0.25) is 19.3 Å². The van der Waals surface area contributed by atoms with Crippen LogP contribution in [0, 0.1) is 6.92 Å². The lowest BCUT2D eigenvalue weighted by atomic mass is 9.75. The van der Waals surface area contributed by atoms with Crippen molar-refractivity contribution in [1.82, 2.24) is 9.80 Å². The highest BCUT2D eigenvalue weighted by molar-refractivity contribution is 6.32. The molecule has 0 spiro atoms. The summed E-state index contributed by atoms with van der Waals surface area (Å²) in [4.78, 5) is 43.6. The highest BCUT2D eigenvalue weighted by Crippen LogP contribution is 2.43. The summed E-state index contributed by atoms with van der Waals surface area (Å²) in [5.41, 5.74) is 1.71. The van der Waals surface area contributed by atoms with Crippen LogP contribution in [0.2, 0.25) is 5.02 Å². The Morgan fingerprint density at radius 2 is 1.97 bits per heavy atom. The first-order valence-electron chi connectivity index (χ1n) is 12.3. The number of methoxy groups -OCH3 is 1. The molecule has 2 atom stereocenters. The third-order valence-corrected chi connectivity index (χ3v) is 7.60. The minimum atomic E-state index is -1.28. The van der Waals surface area contributed by atoms with E-state index in [1.165, 1.54) is 16.0 Å². The maximum atomic E-state index is 13.8. The van der Waals surface area contributed by atoms with E-state index in [-0.39, 0.29) is 43.0 Å². The van der Waals surface area contributed by atoms with Crippen LogP contribution in [0.1, 0.15) is 54.7 Å². The van der Waals surface area contributed by atoms with E-state index in [0.717, 1.165) is 12.8 Å². The Morgan fingerprint density at radius 3 is 2.71 bits per heavy atom. The lowest BCUT2D eigenvalue weighted by Crippen LogP contribution is -2.46. The van der Waals surface area contributed by atoms with Gasteiger partial charge in [0.2, 0.25) is 17.7 Å². The average Bonchev–Trinajstić information content (AvgIpc) is 3.09. The smallest absolute Gasteiger partial charge is 0.240 e. The fraction of sp³-hybridized carbons (Fsp3) is 0.464. The van der Waals surface area contributed by atoms with E-state index in [1.54, 1.807) is 31.4 Å². The summed E-state index contributed by atoms with van der Waals surface area (Å²) in [5, 5.41) is 0.400. The van der Waals surface area contributed by atoms with Gasteiger partial charge in [0.25, 0.3) is 0 Å². The number of carbonyl (C=O) groups is 3. The Kier molecular flexibility index (Phi) is 7.92. The van der Waals surface area contributed by atoms with E-state index in [0.29, 0.717) is 36.7 Å². The summed E-state index contributed by atoms with van der Waals surface area (Å²) >= 11 is 6.54. The van der Waals surface area contributed by atoms with Crippen molar-refractivity contribution >= 4 is 29.3 Å². The number of hydrogen-bond acceptors (Lipinski definition) is 4. The SMILES string of the molecule is COCCCN1C(=O)C[C@@](CC(=O)N2CCC[C@H](c3cccc(C)c3)C2)(c2ccccc2Cl)C1=O. The van der Waals surface area contributed by atoms with Crippen LogP contribution in [0.3, 0.4) is 0 Å². The number of imide groups is 1. The Bertz CT molecular complexity index is 1100. The number of aryl methyl sites for hydroxylation is 1. The first-order valence-corrected chi connectivity index (χ1v) is 12.7. The van der Waals surface area contributed by atoms with Crippen LogP contribution in [-0.2, 0) is 24.5 Å². The Hall–Kier alpha value is -2.70. The van der Waals surface area contributed by atoms with Crippen LogP contribution in [0.25, 0.3) is 0 Å². The van der Waals surface area contributed by atoms with E-state index < -0.39 is 5.41 Å². The van der Waals surface area contributed by atoms with Gasteiger partial charge in [0, 0.05) is 57.1 Å². The average molecular weight is 497 g/mol. The second-order valence-electron chi connectivity index (χ2n) is 9.71. The second kappa shape index (κ2) is 10.9. The Morgan fingerprint density at radius 1 is 1.17 bits per heavy atom. The molecule has 2 saturated heterocycles. The van der Waals surface area contributed by atoms with Gasteiger partial charge in [-0.25, -0.2) is 0 Å². The number of benzene rings is 2. The largest absolute Gasteiger partial charge is 0.385 e. The number of hydrogen-bond donors (Lipinski definition) is 0. The zero-order valence-electron chi connectivity index (χ0n) is 20.5. The van der Waals surface area contributed by atoms with Gasteiger partial charge in [-0.2, -0.15) is 0 Å². The number of carbonyl (C=O) groups excluding carboxylic acids is 3. The predicted octanol–water partition coefficient (Wildman–Crippen LogP) is 4.48. The van der Waals surface area contributed by atoms with Gasteiger partial charge in [0.15, 0.2) is 0 Å². The van der Waals surface area contributed by atoms with E-state index in [4.69, 9.17) is 16.3 Å². The monoisotopic (exact) mass is 496 g/mol. The van der Waals surface area contributed by atoms with Crippen molar-refractivity contribution in [1.29, 1.82) is 0 Å². The Balaban J connectivity index is 1.59. The molecule has 0 saturated carbocycles. The lowest BCUT2D eigenvalue weighted by molar-refractivity contribution is -0.143. The number of rotatable bonds is 8. The maximum absolute atomic E-state index is 13.8. The molecule has 2 aliphatic rings. The summed E-state index contributed by atoms with van der Waals surface area (Å²) in [6.07, 6.45) is 2.35. The fourth-order valence-electron chi connectivity index (χ4n) is 5.46. The minimum Gasteiger partial charge on any atom is -0.385 e. The van der Waals surface area contributed by atoms with Crippen LogP contribution in [-0.4, -0.2) is 60.9 Å². The molecule has 3 amide bonds. The summed E-state index contributed by atoms with van der Waals surface area (Å²) in [6.45, 7) is 4.05. The fourth-order valence-corrected chi connectivity index (χ4v) is 5.77. The number of piperidine rings is 1. The quantitative estimate of drug-likeness (QED) is 0.399. The van der Waals surface area contributed by atoms with Gasteiger partial charge >= 0.3 is 0 Å². The van der Waals surface area contributed by atoms with Crippen molar-refractivity contribution in [2.45, 2.75) is 50.4 Å². The molecule has 6 nitrogen and oxygen atoms in total. The summed E-state index contributed by atoms with van der Waals surface area (Å²) in [7, 11) is 1.59. The van der Waals surface area contributed by atoms with Crippen molar-refractivity contribution in [2.75, 3.05) is 33.4 Å². The molecule has 35 heavy (non-hydrogen) atoms. The van der Waals surface area contributed by atoms with E-state index in [1.807, 2.05) is 4.90 Å². The summed E-state index contributed by atoms with van der Waals surface area (Å²) in [6, 6.07) is 15.5. The summed E-state index contributed by atoms with van der Waals surface area (Å²) in [5.74, 6) is -0.458. The van der Waals surface area contributed by atoms with Crippen LogP contribution in [0.4, 0.5) is 0 Å². The van der Waals surface area contributed by atoms with Crippen LogP contribution in [0.15, 0.2) is 48.5 Å². The van der Waals surface area contributed by atoms with Gasteiger partial charge in [0.05, 0.1) is 5.41 Å². The molecule has 2 fully saturated rings. The molecule has 0 unspecified atom stereocenters. The number of nitrogens with zero attached hydrogens (tertiary/aromatic N) is 2. The molecule has 2 aliphatic heterocycles. The van der Waals surface area contributed by atoms with Crippen molar-refractivity contribution in [3.05, 3.63) is 70.2 Å². The Labute approximate surface area is 212 Å². The number of halogens is 1. The molecular formula is C28H33ClN2O4. The highest BCUT2D eigenvalue weighted by Gasteiger charge is 2.54. The van der Waals surface area contributed by atoms with E-state index in [9.17, 15) is 14.4 Å². The molecule has 186 valence electrons. The van der Waals surface area contributed by atoms with Crippen molar-refractivity contribution in [3.63, 3.8) is 0 Å². The third-order valence-electron chi connectivity index (χ3n) is 7.27. The van der Waals surface area contributed by atoms with Gasteiger partial charge in [0.1, 0.15) is 0 Å². The minimum absolute atomic E-state index is 0.0521. The normalized spacial score (nSPS) is 22.7. The van der Waals surface area contributed by atoms with Crippen LogP contribution >= 0.6 is 11.6 Å². The maximum Gasteiger partial charge on any atom is 0.240 e. The van der Waals surface area contributed by atoms with Gasteiger partial charge in [-0.05, 0) is 43.4 Å². The van der Waals surface area contributed by atoms with Crippen molar-refractivity contribution in [3.8, 4) is 0 Å². The molecule has 0 aliphatic carbocycles. The molecule has 2 aromatic carbocycles. The predicted molar refractivity (Wildman–Crippen MR) is 135 cm³/mol. The molecular weight excluding hydrogens is 464 g/mol. The highest BCUT2D eigenvalue weighted by atomic mass is 35.5. The van der Waals surface area contributed by atoms with Crippen molar-refractivity contribution in [2.24, 2.45) is 0 Å². The van der Waals surface area contributed by atoms with Crippen LogP contribution < -0.4 is 0 Å². The number of likely N-dealkylation sites (tertiary alicyclic amines) is 2. The molecule has 0 bridgehead atoms. The molecule has 0 N–H and O–H groups in total. The lowest BCUT2D eigenvalue weighted by Gasteiger charge is -2.36. The molecule has 7 heteroatoms. The zero-order valence-corrected chi connectivity index (χ0v) is 21.2. The topological polar surface area (TPSA) is 66.9 Å². The molecule has 0 radical (unpaired) electrons. The van der Waals surface area contributed by atoms with Gasteiger partial charge in [-0.15, -0.1) is 0 Å². The van der Waals surface area contributed by atoms with Crippen molar-refractivity contribution < 1.29 is 19.1 Å². The molecule has 2 heterocycles. The van der Waals surface area contributed by atoms with E-state index in [2.05, 4.69) is 31.2 Å². The molecule has 0 aromatic heterocycles. The van der Waals surface area contributed by atoms with Gasteiger partial charge < -0.3 is 9.64 Å². The van der Waals surface area contributed by atoms with Gasteiger partial charge in [-0.1, -0.05) is 59.6 Å². The summed E-state index contributed by atoms with van der Waals surface area (Å²) < 4.78 is 5.09. The number of amides is 3. The zero-order chi connectivity index (χ0) is 25.0. The first-order chi connectivity index (χ1) is 16.9.